The van der Waals surface area contributed by atoms with Crippen LogP contribution in [0.1, 0.15) is 16.2 Å². The number of nitrogens with zero attached hydrogens (tertiary/aromatic N) is 3. The summed E-state index contributed by atoms with van der Waals surface area (Å²) >= 11 is 0. The first-order valence-corrected chi connectivity index (χ1v) is 5.40. The number of hydrogen-bond donors (Lipinski definition) is 1. The third-order valence-corrected chi connectivity index (χ3v) is 2.26. The van der Waals surface area contributed by atoms with E-state index in [0.717, 1.165) is 0 Å². The lowest BCUT2D eigenvalue weighted by molar-refractivity contribution is 0.0942. The first kappa shape index (κ1) is 12.0. The van der Waals surface area contributed by atoms with Crippen molar-refractivity contribution < 1.29 is 9.32 Å². The first-order valence-electron chi connectivity index (χ1n) is 5.40. The maximum atomic E-state index is 11.6. The molecule has 0 saturated carbocycles. The Labute approximate surface area is 102 Å². The smallest absolute Gasteiger partial charge is 0.273 e. The lowest BCUT2D eigenvalue weighted by Gasteiger charge is -2.04. The average Bonchev–Trinajstić information content (AvgIpc) is 2.78. The standard InChI is InChI=1S/C11H12N4O3/c1-8-7-9(14-18-8)11(17)12-5-6-15-10(16)3-2-4-13-15/h2-4,7H,5-6H2,1H3,(H,12,17). The topological polar surface area (TPSA) is 90.0 Å². The molecule has 0 aliphatic carbocycles. The van der Waals surface area contributed by atoms with Crippen molar-refractivity contribution in [3.05, 3.63) is 46.2 Å². The van der Waals surface area contributed by atoms with Crippen LogP contribution in [0.25, 0.3) is 0 Å². The summed E-state index contributed by atoms with van der Waals surface area (Å²) in [5.41, 5.74) is 0.0184. The number of nitrogens with one attached hydrogen (secondary N) is 1. The molecule has 18 heavy (non-hydrogen) atoms. The van der Waals surface area contributed by atoms with E-state index in [1.807, 2.05) is 0 Å². The van der Waals surface area contributed by atoms with Crippen LogP contribution in [0.4, 0.5) is 0 Å². The zero-order valence-electron chi connectivity index (χ0n) is 9.79. The summed E-state index contributed by atoms with van der Waals surface area (Å²) in [4.78, 5) is 22.9. The van der Waals surface area contributed by atoms with E-state index >= 15 is 0 Å². The van der Waals surface area contributed by atoms with E-state index in [9.17, 15) is 9.59 Å². The van der Waals surface area contributed by atoms with Gasteiger partial charge in [0.05, 0.1) is 6.54 Å². The first-order chi connectivity index (χ1) is 8.66. The molecular formula is C11H12N4O3. The van der Waals surface area contributed by atoms with Crippen LogP contribution in [0.5, 0.6) is 0 Å². The fraction of sp³-hybridized carbons (Fsp3) is 0.273. The van der Waals surface area contributed by atoms with Gasteiger partial charge in [0.25, 0.3) is 11.5 Å². The van der Waals surface area contributed by atoms with Crippen LogP contribution in [0.2, 0.25) is 0 Å². The minimum absolute atomic E-state index is 0.205. The summed E-state index contributed by atoms with van der Waals surface area (Å²) in [7, 11) is 0. The predicted molar refractivity (Wildman–Crippen MR) is 62.1 cm³/mol. The van der Waals surface area contributed by atoms with Crippen molar-refractivity contribution in [2.45, 2.75) is 13.5 Å². The van der Waals surface area contributed by atoms with Gasteiger partial charge in [0.2, 0.25) is 0 Å². The highest BCUT2D eigenvalue weighted by Gasteiger charge is 2.09. The number of amides is 1. The van der Waals surface area contributed by atoms with Crippen LogP contribution in [0.15, 0.2) is 33.7 Å². The van der Waals surface area contributed by atoms with Gasteiger partial charge in [0, 0.05) is 24.9 Å². The SMILES string of the molecule is Cc1cc(C(=O)NCCn2ncccc2=O)no1. The molecular weight excluding hydrogens is 236 g/mol. The summed E-state index contributed by atoms with van der Waals surface area (Å²) in [6.07, 6.45) is 1.52. The molecule has 7 nitrogen and oxygen atoms in total. The number of aromatic nitrogens is 3. The Morgan fingerprint density at radius 2 is 2.39 bits per heavy atom. The zero-order valence-corrected chi connectivity index (χ0v) is 9.79. The summed E-state index contributed by atoms with van der Waals surface area (Å²) in [6, 6.07) is 4.52. The molecule has 0 aliphatic rings. The molecule has 0 aliphatic heterocycles. The lowest BCUT2D eigenvalue weighted by Crippen LogP contribution is -2.31. The van der Waals surface area contributed by atoms with Gasteiger partial charge in [-0.05, 0) is 13.0 Å². The third kappa shape index (κ3) is 2.82. The van der Waals surface area contributed by atoms with Gasteiger partial charge in [-0.1, -0.05) is 5.16 Å². The summed E-state index contributed by atoms with van der Waals surface area (Å²) < 4.78 is 6.06. The maximum Gasteiger partial charge on any atom is 0.273 e. The van der Waals surface area contributed by atoms with Crippen molar-refractivity contribution in [3.8, 4) is 0 Å². The van der Waals surface area contributed by atoms with Gasteiger partial charge in [0.1, 0.15) is 5.76 Å². The van der Waals surface area contributed by atoms with E-state index in [1.54, 1.807) is 19.1 Å². The Hall–Kier alpha value is -2.44. The average molecular weight is 248 g/mol. The minimum Gasteiger partial charge on any atom is -0.361 e. The summed E-state index contributed by atoms with van der Waals surface area (Å²) in [5.74, 6) is 0.233. The highest BCUT2D eigenvalue weighted by Crippen LogP contribution is 2.00. The van der Waals surface area contributed by atoms with E-state index in [2.05, 4.69) is 15.6 Å². The molecule has 0 radical (unpaired) electrons. The molecule has 0 fully saturated rings. The highest BCUT2D eigenvalue weighted by atomic mass is 16.5. The van der Waals surface area contributed by atoms with E-state index in [4.69, 9.17) is 4.52 Å². The summed E-state index contributed by atoms with van der Waals surface area (Å²) in [5, 5.41) is 10.1. The summed E-state index contributed by atoms with van der Waals surface area (Å²) in [6.45, 7) is 2.31. The van der Waals surface area contributed by atoms with Crippen LogP contribution in [0, 0.1) is 6.92 Å². The molecule has 2 heterocycles. The Balaban J connectivity index is 1.88. The fourth-order valence-corrected chi connectivity index (χ4v) is 1.39. The van der Waals surface area contributed by atoms with Crippen LogP contribution < -0.4 is 10.9 Å². The molecule has 94 valence electrons. The van der Waals surface area contributed by atoms with Gasteiger partial charge in [-0.25, -0.2) is 4.68 Å². The molecule has 0 atom stereocenters. The maximum absolute atomic E-state index is 11.6. The molecule has 2 aromatic heterocycles. The fourth-order valence-electron chi connectivity index (χ4n) is 1.39. The zero-order chi connectivity index (χ0) is 13.0. The number of carbonyl (C=O) groups excluding carboxylic acids is 1. The van der Waals surface area contributed by atoms with Gasteiger partial charge in [-0.15, -0.1) is 0 Å². The molecule has 0 saturated heterocycles. The Morgan fingerprint density at radius 1 is 1.56 bits per heavy atom. The van der Waals surface area contributed by atoms with E-state index < -0.39 is 0 Å². The molecule has 0 unspecified atom stereocenters. The predicted octanol–water partition coefficient (Wildman–Crippen LogP) is -0.0303. The molecule has 0 bridgehead atoms. The van der Waals surface area contributed by atoms with Crippen LogP contribution in [-0.2, 0) is 6.54 Å². The molecule has 7 heteroatoms. The van der Waals surface area contributed by atoms with Gasteiger partial charge in [-0.2, -0.15) is 5.10 Å². The molecule has 1 amide bonds. The number of aryl methyl sites for hydroxylation is 1. The highest BCUT2D eigenvalue weighted by molar-refractivity contribution is 5.92. The second kappa shape index (κ2) is 5.26. The van der Waals surface area contributed by atoms with Crippen LogP contribution in [-0.4, -0.2) is 27.4 Å². The lowest BCUT2D eigenvalue weighted by atomic mass is 10.3. The molecule has 1 N–H and O–H groups in total. The largest absolute Gasteiger partial charge is 0.361 e. The van der Waals surface area contributed by atoms with Crippen molar-refractivity contribution in [2.24, 2.45) is 0 Å². The second-order valence-electron chi connectivity index (χ2n) is 3.66. The van der Waals surface area contributed by atoms with E-state index in [-0.39, 0.29) is 17.2 Å². The quantitative estimate of drug-likeness (QED) is 0.820. The normalized spacial score (nSPS) is 10.3. The number of rotatable bonds is 4. The van der Waals surface area contributed by atoms with Gasteiger partial charge < -0.3 is 9.84 Å². The third-order valence-electron chi connectivity index (χ3n) is 2.26. The molecule has 0 aromatic carbocycles. The Bertz CT molecular complexity index is 602. The minimum atomic E-state index is -0.337. The van der Waals surface area contributed by atoms with Crippen molar-refractivity contribution >= 4 is 5.91 Å². The monoisotopic (exact) mass is 248 g/mol. The van der Waals surface area contributed by atoms with E-state index in [1.165, 1.54) is 16.9 Å². The van der Waals surface area contributed by atoms with Gasteiger partial charge in [0.15, 0.2) is 5.69 Å². The van der Waals surface area contributed by atoms with Crippen molar-refractivity contribution in [1.82, 2.24) is 20.3 Å². The molecule has 2 rings (SSSR count). The molecule has 2 aromatic rings. The number of carbonyl (C=O) groups is 1. The Kier molecular flexibility index (Phi) is 3.52. The van der Waals surface area contributed by atoms with Crippen LogP contribution in [0.3, 0.4) is 0 Å². The van der Waals surface area contributed by atoms with Crippen molar-refractivity contribution in [2.75, 3.05) is 6.54 Å². The van der Waals surface area contributed by atoms with Crippen molar-refractivity contribution in [3.63, 3.8) is 0 Å². The van der Waals surface area contributed by atoms with Crippen LogP contribution >= 0.6 is 0 Å². The van der Waals surface area contributed by atoms with E-state index in [0.29, 0.717) is 18.8 Å². The van der Waals surface area contributed by atoms with Gasteiger partial charge >= 0.3 is 0 Å². The van der Waals surface area contributed by atoms with Gasteiger partial charge in [-0.3, -0.25) is 9.59 Å². The second-order valence-corrected chi connectivity index (χ2v) is 3.66. The molecule has 0 spiro atoms. The Morgan fingerprint density at radius 3 is 3.06 bits per heavy atom. The van der Waals surface area contributed by atoms with Crippen molar-refractivity contribution in [1.29, 1.82) is 0 Å². The number of hydrogen-bond acceptors (Lipinski definition) is 5.